The van der Waals surface area contributed by atoms with Gasteiger partial charge in [0.1, 0.15) is 16.5 Å². The zero-order valence-corrected chi connectivity index (χ0v) is 18.0. The van der Waals surface area contributed by atoms with Gasteiger partial charge in [-0.25, -0.2) is 4.98 Å². The number of ether oxygens (including phenoxy) is 2. The summed E-state index contributed by atoms with van der Waals surface area (Å²) in [6, 6.07) is 15.9. The molecule has 2 heterocycles. The van der Waals surface area contributed by atoms with Gasteiger partial charge in [0.25, 0.3) is 0 Å². The van der Waals surface area contributed by atoms with Crippen molar-refractivity contribution < 1.29 is 14.3 Å². The van der Waals surface area contributed by atoms with Crippen LogP contribution in [0.25, 0.3) is 10.6 Å². The fourth-order valence-electron chi connectivity index (χ4n) is 3.54. The highest BCUT2D eigenvalue weighted by Crippen LogP contribution is 2.26. The minimum atomic E-state index is 0.131. The molecule has 0 unspecified atom stereocenters. The normalized spacial score (nSPS) is 13.9. The molecule has 7 heteroatoms. The number of carbonyl (C=O) groups excluding carboxylic acids is 1. The zero-order valence-electron chi connectivity index (χ0n) is 17.2. The Morgan fingerprint density at radius 2 is 1.73 bits per heavy atom. The summed E-state index contributed by atoms with van der Waals surface area (Å²) in [7, 11) is 3.33. The van der Waals surface area contributed by atoms with Gasteiger partial charge in [-0.05, 0) is 36.4 Å². The molecule has 0 atom stereocenters. The highest BCUT2D eigenvalue weighted by atomic mass is 32.1. The van der Waals surface area contributed by atoms with E-state index in [2.05, 4.69) is 16.0 Å². The second-order valence-electron chi connectivity index (χ2n) is 7.12. The zero-order chi connectivity index (χ0) is 20.9. The van der Waals surface area contributed by atoms with Gasteiger partial charge in [0.2, 0.25) is 5.91 Å². The molecule has 1 fully saturated rings. The molecule has 6 nitrogen and oxygen atoms in total. The van der Waals surface area contributed by atoms with E-state index < -0.39 is 0 Å². The molecule has 0 radical (unpaired) electrons. The fraction of sp³-hybridized carbons (Fsp3) is 0.304. The molecular weight excluding hydrogens is 398 g/mol. The highest BCUT2D eigenvalue weighted by molar-refractivity contribution is 7.13. The number of amides is 1. The molecule has 2 aromatic carbocycles. The van der Waals surface area contributed by atoms with Crippen molar-refractivity contribution in [1.29, 1.82) is 0 Å². The second-order valence-corrected chi connectivity index (χ2v) is 7.98. The second kappa shape index (κ2) is 9.17. The highest BCUT2D eigenvalue weighted by Gasteiger charge is 2.22. The molecule has 0 saturated carbocycles. The first-order chi connectivity index (χ1) is 14.7. The summed E-state index contributed by atoms with van der Waals surface area (Å²) in [5.74, 6) is 1.80. The Kier molecular flexibility index (Phi) is 6.18. The summed E-state index contributed by atoms with van der Waals surface area (Å²) >= 11 is 1.56. The first-order valence-electron chi connectivity index (χ1n) is 9.92. The monoisotopic (exact) mass is 423 g/mol. The van der Waals surface area contributed by atoms with Crippen LogP contribution < -0.4 is 14.4 Å². The summed E-state index contributed by atoms with van der Waals surface area (Å²) in [6.07, 6.45) is 0.339. The molecule has 1 amide bonds. The molecule has 4 rings (SSSR count). The Labute approximate surface area is 180 Å². The van der Waals surface area contributed by atoms with E-state index >= 15 is 0 Å². The van der Waals surface area contributed by atoms with E-state index in [0.29, 0.717) is 19.5 Å². The summed E-state index contributed by atoms with van der Waals surface area (Å²) < 4.78 is 10.5. The van der Waals surface area contributed by atoms with E-state index in [1.807, 2.05) is 52.7 Å². The Bertz CT molecular complexity index is 995. The molecule has 1 saturated heterocycles. The Hall–Kier alpha value is -3.06. The number of thiazole rings is 1. The third kappa shape index (κ3) is 4.57. The van der Waals surface area contributed by atoms with E-state index in [1.54, 1.807) is 25.6 Å². The summed E-state index contributed by atoms with van der Waals surface area (Å²) in [5, 5.41) is 2.90. The van der Waals surface area contributed by atoms with Crippen LogP contribution in [0.3, 0.4) is 0 Å². The number of aromatic nitrogens is 1. The maximum absolute atomic E-state index is 12.8. The third-order valence-electron chi connectivity index (χ3n) is 5.27. The number of anilines is 1. The van der Waals surface area contributed by atoms with Crippen molar-refractivity contribution in [3.05, 3.63) is 59.6 Å². The van der Waals surface area contributed by atoms with Gasteiger partial charge in [-0.1, -0.05) is 6.07 Å². The number of hydrogen-bond acceptors (Lipinski definition) is 6. The lowest BCUT2D eigenvalue weighted by Gasteiger charge is -2.36. The van der Waals surface area contributed by atoms with Crippen molar-refractivity contribution in [3.8, 4) is 22.1 Å². The van der Waals surface area contributed by atoms with Gasteiger partial charge in [-0.15, -0.1) is 11.3 Å². The number of piperazine rings is 1. The smallest absolute Gasteiger partial charge is 0.228 e. The van der Waals surface area contributed by atoms with E-state index in [1.165, 1.54) is 0 Å². The predicted octanol–water partition coefficient (Wildman–Crippen LogP) is 3.72. The van der Waals surface area contributed by atoms with Gasteiger partial charge in [0, 0.05) is 48.9 Å². The van der Waals surface area contributed by atoms with Crippen LogP contribution in [-0.2, 0) is 11.2 Å². The van der Waals surface area contributed by atoms with Crippen molar-refractivity contribution >= 4 is 22.9 Å². The first kappa shape index (κ1) is 20.2. The van der Waals surface area contributed by atoms with Crippen molar-refractivity contribution in [3.63, 3.8) is 0 Å². The summed E-state index contributed by atoms with van der Waals surface area (Å²) in [5.41, 5.74) is 2.99. The Morgan fingerprint density at radius 1 is 1.00 bits per heavy atom. The molecule has 1 aliphatic rings. The topological polar surface area (TPSA) is 54.9 Å². The number of methoxy groups -OCH3 is 2. The van der Waals surface area contributed by atoms with Gasteiger partial charge in [0.05, 0.1) is 26.3 Å². The largest absolute Gasteiger partial charge is 0.497 e. The van der Waals surface area contributed by atoms with E-state index in [4.69, 9.17) is 9.47 Å². The number of carbonyl (C=O) groups is 1. The number of benzene rings is 2. The third-order valence-corrected chi connectivity index (χ3v) is 6.21. The van der Waals surface area contributed by atoms with Crippen LogP contribution in [0.5, 0.6) is 11.5 Å². The van der Waals surface area contributed by atoms with E-state index in [0.717, 1.165) is 46.5 Å². The van der Waals surface area contributed by atoms with Gasteiger partial charge in [-0.3, -0.25) is 4.79 Å². The molecule has 0 spiro atoms. The summed E-state index contributed by atoms with van der Waals surface area (Å²) in [4.78, 5) is 21.7. The minimum absolute atomic E-state index is 0.131. The average Bonchev–Trinajstić information content (AvgIpc) is 3.27. The Balaban J connectivity index is 1.33. The van der Waals surface area contributed by atoms with Crippen molar-refractivity contribution in [2.75, 3.05) is 45.3 Å². The molecule has 30 heavy (non-hydrogen) atoms. The van der Waals surface area contributed by atoms with Crippen molar-refractivity contribution in [1.82, 2.24) is 9.88 Å². The number of rotatable bonds is 6. The van der Waals surface area contributed by atoms with Crippen LogP contribution in [0.4, 0.5) is 5.69 Å². The van der Waals surface area contributed by atoms with Gasteiger partial charge in [0.15, 0.2) is 0 Å². The molecule has 156 valence electrons. The SMILES string of the molecule is COc1ccc(-c2nc(CC(=O)N3CCN(c4cccc(OC)c4)CC3)cs2)cc1. The molecule has 1 aliphatic heterocycles. The van der Waals surface area contributed by atoms with Crippen LogP contribution in [0.15, 0.2) is 53.9 Å². The maximum atomic E-state index is 12.8. The lowest BCUT2D eigenvalue weighted by atomic mass is 10.2. The molecule has 1 aromatic heterocycles. The van der Waals surface area contributed by atoms with Gasteiger partial charge in [-0.2, -0.15) is 0 Å². The summed E-state index contributed by atoms with van der Waals surface area (Å²) in [6.45, 7) is 3.05. The quantitative estimate of drug-likeness (QED) is 0.605. The lowest BCUT2D eigenvalue weighted by Crippen LogP contribution is -2.49. The number of nitrogens with zero attached hydrogens (tertiary/aromatic N) is 3. The van der Waals surface area contributed by atoms with Crippen LogP contribution in [-0.4, -0.2) is 56.2 Å². The number of hydrogen-bond donors (Lipinski definition) is 0. The van der Waals surface area contributed by atoms with Gasteiger partial charge >= 0.3 is 0 Å². The van der Waals surface area contributed by atoms with Crippen LogP contribution in [0.2, 0.25) is 0 Å². The molecule has 3 aromatic rings. The standard InChI is InChI=1S/C23H25N3O3S/c1-28-20-8-6-17(7-9-20)23-24-18(16-30-23)14-22(27)26-12-10-25(11-13-26)19-4-3-5-21(15-19)29-2/h3-9,15-16H,10-14H2,1-2H3. The maximum Gasteiger partial charge on any atom is 0.228 e. The van der Waals surface area contributed by atoms with Crippen molar-refractivity contribution in [2.24, 2.45) is 0 Å². The van der Waals surface area contributed by atoms with Gasteiger partial charge < -0.3 is 19.3 Å². The predicted molar refractivity (Wildman–Crippen MR) is 120 cm³/mol. The molecule has 0 N–H and O–H groups in total. The average molecular weight is 424 g/mol. The molecule has 0 aliphatic carbocycles. The van der Waals surface area contributed by atoms with Crippen LogP contribution >= 0.6 is 11.3 Å². The van der Waals surface area contributed by atoms with Crippen molar-refractivity contribution in [2.45, 2.75) is 6.42 Å². The first-order valence-corrected chi connectivity index (χ1v) is 10.8. The fourth-order valence-corrected chi connectivity index (χ4v) is 4.37. The lowest BCUT2D eigenvalue weighted by molar-refractivity contribution is -0.130. The molecule has 0 bridgehead atoms. The van der Waals surface area contributed by atoms with E-state index in [9.17, 15) is 4.79 Å². The molecular formula is C23H25N3O3S. The minimum Gasteiger partial charge on any atom is -0.497 e. The van der Waals surface area contributed by atoms with Crippen LogP contribution in [0, 0.1) is 0 Å². The van der Waals surface area contributed by atoms with E-state index in [-0.39, 0.29) is 5.91 Å². The van der Waals surface area contributed by atoms with Crippen LogP contribution in [0.1, 0.15) is 5.69 Å². The Morgan fingerprint density at radius 3 is 2.43 bits per heavy atom.